The highest BCUT2D eigenvalue weighted by Crippen LogP contribution is 2.26. The second-order valence-electron chi connectivity index (χ2n) is 3.84. The SMILES string of the molecule is C=C(C)COc1ccc(CCCO)cc1Cl. The number of benzene rings is 1. The van der Waals surface area contributed by atoms with Crippen LogP contribution in [-0.2, 0) is 6.42 Å². The molecule has 0 heterocycles. The van der Waals surface area contributed by atoms with Crippen LogP contribution < -0.4 is 4.74 Å². The van der Waals surface area contributed by atoms with E-state index < -0.39 is 0 Å². The molecule has 1 aromatic rings. The molecule has 0 fully saturated rings. The highest BCUT2D eigenvalue weighted by Gasteiger charge is 2.03. The number of hydrogen-bond donors (Lipinski definition) is 1. The molecule has 0 aliphatic carbocycles. The van der Waals surface area contributed by atoms with Gasteiger partial charge in [0.1, 0.15) is 12.4 Å². The topological polar surface area (TPSA) is 29.5 Å². The van der Waals surface area contributed by atoms with E-state index in [9.17, 15) is 0 Å². The van der Waals surface area contributed by atoms with Gasteiger partial charge in [-0.2, -0.15) is 0 Å². The molecule has 16 heavy (non-hydrogen) atoms. The van der Waals surface area contributed by atoms with Gasteiger partial charge in [0.05, 0.1) is 5.02 Å². The number of ether oxygens (including phenoxy) is 1. The lowest BCUT2D eigenvalue weighted by Crippen LogP contribution is -1.98. The molecule has 0 radical (unpaired) electrons. The average Bonchev–Trinajstić information content (AvgIpc) is 2.24. The van der Waals surface area contributed by atoms with Crippen LogP contribution in [-0.4, -0.2) is 18.3 Å². The molecule has 0 bridgehead atoms. The fraction of sp³-hybridized carbons (Fsp3) is 0.385. The van der Waals surface area contributed by atoms with Crippen molar-refractivity contribution in [2.75, 3.05) is 13.2 Å². The van der Waals surface area contributed by atoms with Gasteiger partial charge in [0.2, 0.25) is 0 Å². The van der Waals surface area contributed by atoms with Crippen LogP contribution in [0.15, 0.2) is 30.4 Å². The molecule has 0 aromatic heterocycles. The molecule has 0 aliphatic rings. The summed E-state index contributed by atoms with van der Waals surface area (Å²) in [5.41, 5.74) is 2.07. The molecule has 2 nitrogen and oxygen atoms in total. The van der Waals surface area contributed by atoms with Crippen molar-refractivity contribution in [1.82, 2.24) is 0 Å². The Hall–Kier alpha value is -0.990. The molecule has 0 saturated heterocycles. The van der Waals surface area contributed by atoms with Crippen LogP contribution >= 0.6 is 11.6 Å². The number of hydrogen-bond acceptors (Lipinski definition) is 2. The van der Waals surface area contributed by atoms with Gasteiger partial charge in [0.15, 0.2) is 0 Å². The number of aryl methyl sites for hydroxylation is 1. The molecular weight excluding hydrogens is 224 g/mol. The molecule has 0 amide bonds. The predicted molar refractivity (Wildman–Crippen MR) is 67.2 cm³/mol. The Balaban J connectivity index is 2.63. The lowest BCUT2D eigenvalue weighted by Gasteiger charge is -2.09. The van der Waals surface area contributed by atoms with Crippen molar-refractivity contribution in [3.8, 4) is 5.75 Å². The zero-order valence-corrected chi connectivity index (χ0v) is 10.3. The molecule has 1 N–H and O–H groups in total. The van der Waals surface area contributed by atoms with Crippen molar-refractivity contribution < 1.29 is 9.84 Å². The van der Waals surface area contributed by atoms with Gasteiger partial charge in [-0.25, -0.2) is 0 Å². The van der Waals surface area contributed by atoms with Crippen molar-refractivity contribution in [3.05, 3.63) is 40.9 Å². The monoisotopic (exact) mass is 240 g/mol. The molecule has 1 aromatic carbocycles. The third-order valence-corrected chi connectivity index (χ3v) is 2.39. The van der Waals surface area contributed by atoms with Gasteiger partial charge in [0, 0.05) is 6.61 Å². The Labute approximate surface area is 102 Å². The van der Waals surface area contributed by atoms with Gasteiger partial charge in [-0.3, -0.25) is 0 Å². The third kappa shape index (κ3) is 4.25. The van der Waals surface area contributed by atoms with Gasteiger partial charge in [0.25, 0.3) is 0 Å². The second-order valence-corrected chi connectivity index (χ2v) is 4.24. The minimum Gasteiger partial charge on any atom is -0.488 e. The minimum atomic E-state index is 0.200. The highest BCUT2D eigenvalue weighted by atomic mass is 35.5. The summed E-state index contributed by atoms with van der Waals surface area (Å²) < 4.78 is 5.48. The number of aliphatic hydroxyl groups is 1. The van der Waals surface area contributed by atoms with Crippen LogP contribution in [0, 0.1) is 0 Å². The fourth-order valence-corrected chi connectivity index (χ4v) is 1.56. The molecule has 1 rings (SSSR count). The van der Waals surface area contributed by atoms with E-state index in [1.165, 1.54) is 0 Å². The number of halogens is 1. The first-order valence-corrected chi connectivity index (χ1v) is 5.67. The van der Waals surface area contributed by atoms with Crippen LogP contribution in [0.25, 0.3) is 0 Å². The quantitative estimate of drug-likeness (QED) is 0.774. The summed E-state index contributed by atoms with van der Waals surface area (Å²) in [6, 6.07) is 5.71. The van der Waals surface area contributed by atoms with E-state index >= 15 is 0 Å². The first kappa shape index (κ1) is 13.1. The summed E-state index contributed by atoms with van der Waals surface area (Å²) in [4.78, 5) is 0. The van der Waals surface area contributed by atoms with Gasteiger partial charge < -0.3 is 9.84 Å². The molecule has 0 unspecified atom stereocenters. The van der Waals surface area contributed by atoms with E-state index in [4.69, 9.17) is 21.4 Å². The van der Waals surface area contributed by atoms with Gasteiger partial charge in [-0.1, -0.05) is 24.2 Å². The first-order valence-electron chi connectivity index (χ1n) is 5.30. The van der Waals surface area contributed by atoms with E-state index in [0.717, 1.165) is 24.0 Å². The molecule has 0 spiro atoms. The zero-order valence-electron chi connectivity index (χ0n) is 9.50. The lowest BCUT2D eigenvalue weighted by molar-refractivity contribution is 0.288. The van der Waals surface area contributed by atoms with E-state index in [1.54, 1.807) is 0 Å². The third-order valence-electron chi connectivity index (χ3n) is 2.09. The van der Waals surface area contributed by atoms with Gasteiger partial charge in [-0.15, -0.1) is 0 Å². The average molecular weight is 241 g/mol. The largest absolute Gasteiger partial charge is 0.488 e. The maximum atomic E-state index is 8.73. The van der Waals surface area contributed by atoms with E-state index in [0.29, 0.717) is 17.4 Å². The molecule has 0 atom stereocenters. The minimum absolute atomic E-state index is 0.200. The predicted octanol–water partition coefficient (Wildman–Crippen LogP) is 3.22. The molecule has 3 heteroatoms. The molecule has 0 saturated carbocycles. The zero-order chi connectivity index (χ0) is 12.0. The van der Waals surface area contributed by atoms with Crippen LogP contribution in [0.4, 0.5) is 0 Å². The Kier molecular flexibility index (Phi) is 5.36. The van der Waals surface area contributed by atoms with Crippen molar-refractivity contribution in [2.45, 2.75) is 19.8 Å². The maximum Gasteiger partial charge on any atom is 0.138 e. The number of rotatable bonds is 6. The Morgan fingerprint density at radius 2 is 2.25 bits per heavy atom. The van der Waals surface area contributed by atoms with Crippen LogP contribution in [0.2, 0.25) is 5.02 Å². The summed E-state index contributed by atoms with van der Waals surface area (Å²) in [6.07, 6.45) is 1.58. The van der Waals surface area contributed by atoms with Crippen molar-refractivity contribution in [3.63, 3.8) is 0 Å². The summed E-state index contributed by atoms with van der Waals surface area (Å²) in [5.74, 6) is 0.678. The Morgan fingerprint density at radius 3 is 2.81 bits per heavy atom. The van der Waals surface area contributed by atoms with Crippen molar-refractivity contribution in [2.24, 2.45) is 0 Å². The van der Waals surface area contributed by atoms with Crippen LogP contribution in [0.1, 0.15) is 18.9 Å². The molecule has 0 aliphatic heterocycles. The van der Waals surface area contributed by atoms with Crippen LogP contribution in [0.3, 0.4) is 0 Å². The van der Waals surface area contributed by atoms with E-state index in [1.807, 2.05) is 25.1 Å². The molecule has 88 valence electrons. The van der Waals surface area contributed by atoms with E-state index in [2.05, 4.69) is 6.58 Å². The van der Waals surface area contributed by atoms with Crippen LogP contribution in [0.5, 0.6) is 5.75 Å². The van der Waals surface area contributed by atoms with Gasteiger partial charge in [-0.05, 0) is 43.0 Å². The Bertz CT molecular complexity index is 361. The second kappa shape index (κ2) is 6.56. The first-order chi connectivity index (χ1) is 7.63. The lowest BCUT2D eigenvalue weighted by atomic mass is 10.1. The van der Waals surface area contributed by atoms with Gasteiger partial charge >= 0.3 is 0 Å². The summed E-state index contributed by atoms with van der Waals surface area (Å²) in [7, 11) is 0. The van der Waals surface area contributed by atoms with Crippen molar-refractivity contribution >= 4 is 11.6 Å². The van der Waals surface area contributed by atoms with Crippen molar-refractivity contribution in [1.29, 1.82) is 0 Å². The number of aliphatic hydroxyl groups excluding tert-OH is 1. The standard InChI is InChI=1S/C13H17ClO2/c1-10(2)9-16-13-6-5-11(4-3-7-15)8-12(13)14/h5-6,8,15H,1,3-4,7,9H2,2H3. The maximum absolute atomic E-state index is 8.73. The molecular formula is C13H17ClO2. The summed E-state index contributed by atoms with van der Waals surface area (Å²) in [6.45, 7) is 6.35. The normalized spacial score (nSPS) is 10.2. The summed E-state index contributed by atoms with van der Waals surface area (Å²) >= 11 is 6.07. The highest BCUT2D eigenvalue weighted by molar-refractivity contribution is 6.32. The fourth-order valence-electron chi connectivity index (χ4n) is 1.30. The Morgan fingerprint density at radius 1 is 1.50 bits per heavy atom. The summed E-state index contributed by atoms with van der Waals surface area (Å²) in [5, 5.41) is 9.34. The smallest absolute Gasteiger partial charge is 0.138 e. The van der Waals surface area contributed by atoms with E-state index in [-0.39, 0.29) is 6.61 Å².